The molecule has 1 saturated carbocycles. The van der Waals surface area contributed by atoms with Gasteiger partial charge >= 0.3 is 0 Å². The van der Waals surface area contributed by atoms with E-state index >= 15 is 0 Å². The van der Waals surface area contributed by atoms with Gasteiger partial charge in [-0.15, -0.1) is 10.2 Å². The standard InChI is InChI=1S/C14H14N4O/c15-13-7-6-11(17-18-13)14(19)16-12-8-10(12)9-4-2-1-3-5-9/h1-7,10,12H,8H2,(H2,15,18)(H,16,19). The zero-order valence-corrected chi connectivity index (χ0v) is 10.3. The Morgan fingerprint density at radius 3 is 2.63 bits per heavy atom. The van der Waals surface area contributed by atoms with Crippen molar-refractivity contribution in [1.29, 1.82) is 0 Å². The quantitative estimate of drug-likeness (QED) is 0.866. The molecule has 0 spiro atoms. The van der Waals surface area contributed by atoms with Gasteiger partial charge in [0.2, 0.25) is 0 Å². The normalized spacial score (nSPS) is 20.8. The summed E-state index contributed by atoms with van der Waals surface area (Å²) in [6, 6.07) is 13.5. The van der Waals surface area contributed by atoms with Crippen LogP contribution in [-0.2, 0) is 0 Å². The summed E-state index contributed by atoms with van der Waals surface area (Å²) in [4.78, 5) is 11.9. The number of hydrogen-bond donors (Lipinski definition) is 2. The molecule has 1 aromatic heterocycles. The second-order valence-electron chi connectivity index (χ2n) is 4.68. The highest BCUT2D eigenvalue weighted by Crippen LogP contribution is 2.40. The molecule has 1 heterocycles. The van der Waals surface area contributed by atoms with Gasteiger partial charge < -0.3 is 11.1 Å². The van der Waals surface area contributed by atoms with Crippen LogP contribution in [0.25, 0.3) is 0 Å². The maximum Gasteiger partial charge on any atom is 0.272 e. The molecule has 1 aromatic carbocycles. The number of carbonyl (C=O) groups excluding carboxylic acids is 1. The van der Waals surface area contributed by atoms with Gasteiger partial charge in [-0.1, -0.05) is 30.3 Å². The molecule has 2 unspecified atom stereocenters. The Labute approximate surface area is 110 Å². The Morgan fingerprint density at radius 1 is 1.16 bits per heavy atom. The zero-order chi connectivity index (χ0) is 13.2. The number of nitrogen functional groups attached to an aromatic ring is 1. The van der Waals surface area contributed by atoms with Crippen LogP contribution >= 0.6 is 0 Å². The first-order valence-electron chi connectivity index (χ1n) is 6.19. The van der Waals surface area contributed by atoms with Gasteiger partial charge in [-0.3, -0.25) is 4.79 Å². The van der Waals surface area contributed by atoms with Crippen LogP contribution in [0.4, 0.5) is 5.82 Å². The number of nitrogens with two attached hydrogens (primary N) is 1. The van der Waals surface area contributed by atoms with E-state index in [1.165, 1.54) is 5.56 Å². The summed E-state index contributed by atoms with van der Waals surface area (Å²) < 4.78 is 0. The van der Waals surface area contributed by atoms with Gasteiger partial charge in [-0.25, -0.2) is 0 Å². The summed E-state index contributed by atoms with van der Waals surface area (Å²) in [6.07, 6.45) is 0.970. The van der Waals surface area contributed by atoms with Crippen LogP contribution in [0, 0.1) is 0 Å². The topological polar surface area (TPSA) is 80.9 Å². The van der Waals surface area contributed by atoms with Crippen molar-refractivity contribution in [3.63, 3.8) is 0 Å². The molecule has 2 aromatic rings. The molecule has 1 aliphatic carbocycles. The molecule has 1 amide bonds. The highest BCUT2D eigenvalue weighted by atomic mass is 16.2. The third kappa shape index (κ3) is 2.54. The molecule has 96 valence electrons. The Balaban J connectivity index is 1.62. The van der Waals surface area contributed by atoms with E-state index in [9.17, 15) is 4.79 Å². The molecule has 5 nitrogen and oxygen atoms in total. The Bertz CT molecular complexity index is 582. The van der Waals surface area contributed by atoms with Gasteiger partial charge in [0.1, 0.15) is 5.82 Å². The van der Waals surface area contributed by atoms with E-state index in [-0.39, 0.29) is 11.9 Å². The summed E-state index contributed by atoms with van der Waals surface area (Å²) in [5.41, 5.74) is 6.99. The summed E-state index contributed by atoms with van der Waals surface area (Å²) in [5, 5.41) is 10.4. The lowest BCUT2D eigenvalue weighted by molar-refractivity contribution is 0.0944. The number of hydrogen-bond acceptors (Lipinski definition) is 4. The van der Waals surface area contributed by atoms with Gasteiger partial charge in [0, 0.05) is 12.0 Å². The van der Waals surface area contributed by atoms with Crippen molar-refractivity contribution in [2.24, 2.45) is 0 Å². The largest absolute Gasteiger partial charge is 0.382 e. The lowest BCUT2D eigenvalue weighted by Gasteiger charge is -2.04. The van der Waals surface area contributed by atoms with Crippen LogP contribution in [0.5, 0.6) is 0 Å². The predicted molar refractivity (Wildman–Crippen MR) is 71.5 cm³/mol. The maximum atomic E-state index is 11.9. The lowest BCUT2D eigenvalue weighted by Crippen LogP contribution is -2.27. The second-order valence-corrected chi connectivity index (χ2v) is 4.68. The van der Waals surface area contributed by atoms with E-state index in [0.29, 0.717) is 17.4 Å². The van der Waals surface area contributed by atoms with Crippen molar-refractivity contribution in [1.82, 2.24) is 15.5 Å². The monoisotopic (exact) mass is 254 g/mol. The number of nitrogens with one attached hydrogen (secondary N) is 1. The molecule has 3 N–H and O–H groups in total. The summed E-state index contributed by atoms with van der Waals surface area (Å²) in [5.74, 6) is 0.521. The van der Waals surface area contributed by atoms with Gasteiger partial charge in [0.05, 0.1) is 0 Å². The van der Waals surface area contributed by atoms with E-state index in [4.69, 9.17) is 5.73 Å². The van der Waals surface area contributed by atoms with Crippen molar-refractivity contribution in [2.75, 3.05) is 5.73 Å². The predicted octanol–water partition coefficient (Wildman–Crippen LogP) is 1.34. The average molecular weight is 254 g/mol. The van der Waals surface area contributed by atoms with Crippen LogP contribution in [0.2, 0.25) is 0 Å². The van der Waals surface area contributed by atoms with Crippen LogP contribution in [0.3, 0.4) is 0 Å². The van der Waals surface area contributed by atoms with E-state index in [1.807, 2.05) is 18.2 Å². The number of carbonyl (C=O) groups is 1. The van der Waals surface area contributed by atoms with E-state index in [2.05, 4.69) is 27.6 Å². The fourth-order valence-corrected chi connectivity index (χ4v) is 2.13. The Morgan fingerprint density at radius 2 is 1.95 bits per heavy atom. The highest BCUT2D eigenvalue weighted by Gasteiger charge is 2.39. The SMILES string of the molecule is Nc1ccc(C(=O)NC2CC2c2ccccc2)nn1. The molecule has 1 aliphatic rings. The van der Waals surface area contributed by atoms with E-state index < -0.39 is 0 Å². The van der Waals surface area contributed by atoms with Crippen molar-refractivity contribution >= 4 is 11.7 Å². The number of anilines is 1. The van der Waals surface area contributed by atoms with E-state index in [0.717, 1.165) is 6.42 Å². The second kappa shape index (κ2) is 4.68. The molecular formula is C14H14N4O. The van der Waals surface area contributed by atoms with Crippen molar-refractivity contribution in [3.05, 3.63) is 53.7 Å². The third-order valence-electron chi connectivity index (χ3n) is 3.25. The van der Waals surface area contributed by atoms with Gasteiger partial charge in [-0.05, 0) is 24.1 Å². The maximum absolute atomic E-state index is 11.9. The minimum atomic E-state index is -0.198. The number of aromatic nitrogens is 2. The van der Waals surface area contributed by atoms with E-state index in [1.54, 1.807) is 12.1 Å². The Kier molecular flexibility index (Phi) is 2.87. The molecule has 1 fully saturated rings. The molecule has 0 bridgehead atoms. The smallest absolute Gasteiger partial charge is 0.272 e. The fourth-order valence-electron chi connectivity index (χ4n) is 2.13. The number of amides is 1. The number of nitrogens with zero attached hydrogens (tertiary/aromatic N) is 2. The van der Waals surface area contributed by atoms with Crippen molar-refractivity contribution in [3.8, 4) is 0 Å². The molecular weight excluding hydrogens is 240 g/mol. The Hall–Kier alpha value is -2.43. The molecule has 2 atom stereocenters. The first-order chi connectivity index (χ1) is 9.24. The highest BCUT2D eigenvalue weighted by molar-refractivity contribution is 5.92. The average Bonchev–Trinajstić information content (AvgIpc) is 3.20. The van der Waals surface area contributed by atoms with Crippen LogP contribution in [0.15, 0.2) is 42.5 Å². The van der Waals surface area contributed by atoms with Crippen LogP contribution in [0.1, 0.15) is 28.4 Å². The minimum absolute atomic E-state index is 0.189. The summed E-state index contributed by atoms with van der Waals surface area (Å²) in [7, 11) is 0. The first-order valence-corrected chi connectivity index (χ1v) is 6.19. The van der Waals surface area contributed by atoms with Crippen molar-refractivity contribution < 1.29 is 4.79 Å². The van der Waals surface area contributed by atoms with Gasteiger partial charge in [0.25, 0.3) is 5.91 Å². The summed E-state index contributed by atoms with van der Waals surface area (Å²) in [6.45, 7) is 0. The minimum Gasteiger partial charge on any atom is -0.382 e. The first kappa shape index (κ1) is 11.6. The lowest BCUT2D eigenvalue weighted by atomic mass is 10.1. The summed E-state index contributed by atoms with van der Waals surface area (Å²) >= 11 is 0. The zero-order valence-electron chi connectivity index (χ0n) is 10.3. The van der Waals surface area contributed by atoms with Gasteiger partial charge in [-0.2, -0.15) is 0 Å². The molecule has 19 heavy (non-hydrogen) atoms. The number of rotatable bonds is 3. The third-order valence-corrected chi connectivity index (χ3v) is 3.25. The van der Waals surface area contributed by atoms with Crippen LogP contribution < -0.4 is 11.1 Å². The number of benzene rings is 1. The fraction of sp³-hybridized carbons (Fsp3) is 0.214. The molecule has 3 rings (SSSR count). The molecule has 0 aliphatic heterocycles. The van der Waals surface area contributed by atoms with Crippen molar-refractivity contribution in [2.45, 2.75) is 18.4 Å². The van der Waals surface area contributed by atoms with Crippen LogP contribution in [-0.4, -0.2) is 22.1 Å². The molecule has 5 heteroatoms. The molecule has 0 saturated heterocycles. The van der Waals surface area contributed by atoms with Gasteiger partial charge in [0.15, 0.2) is 5.69 Å². The molecule has 0 radical (unpaired) electrons.